The minimum absolute atomic E-state index is 0.231. The van der Waals surface area contributed by atoms with Gasteiger partial charge < -0.3 is 15.2 Å². The number of methoxy groups -OCH3 is 1. The smallest absolute Gasteiger partial charge is 0.153 e. The van der Waals surface area contributed by atoms with E-state index in [4.69, 9.17) is 4.74 Å². The molecule has 0 radical (unpaired) electrons. The van der Waals surface area contributed by atoms with Crippen molar-refractivity contribution in [3.05, 3.63) is 11.8 Å². The molecule has 1 aliphatic rings. The number of nitrogens with one attached hydrogen (secondary N) is 1. The Kier molecular flexibility index (Phi) is 2.29. The van der Waals surface area contributed by atoms with Gasteiger partial charge in [0.1, 0.15) is 6.10 Å². The third-order valence-electron chi connectivity index (χ3n) is 1.64. The molecule has 0 amide bonds. The van der Waals surface area contributed by atoms with Gasteiger partial charge in [-0.05, 0) is 13.3 Å². The molecule has 0 aromatic heterocycles. The molecular weight excluding hydrogens is 130 g/mol. The van der Waals surface area contributed by atoms with Crippen LogP contribution in [0.5, 0.6) is 0 Å². The summed E-state index contributed by atoms with van der Waals surface area (Å²) in [5.74, 6) is 0. The van der Waals surface area contributed by atoms with Crippen molar-refractivity contribution in [2.45, 2.75) is 25.7 Å². The van der Waals surface area contributed by atoms with Crippen molar-refractivity contribution in [2.24, 2.45) is 0 Å². The van der Waals surface area contributed by atoms with E-state index in [-0.39, 0.29) is 6.23 Å². The number of hydrogen-bond acceptors (Lipinski definition) is 3. The number of allylic oxidation sites excluding steroid dienone is 1. The molecule has 0 aromatic rings. The lowest BCUT2D eigenvalue weighted by atomic mass is 10.1. The molecule has 3 heteroatoms. The Morgan fingerprint density at radius 2 is 2.50 bits per heavy atom. The highest BCUT2D eigenvalue weighted by atomic mass is 16.5. The normalized spacial score (nSPS) is 32.9. The average Bonchev–Trinajstić information content (AvgIpc) is 1.94. The van der Waals surface area contributed by atoms with E-state index in [1.807, 2.05) is 13.0 Å². The van der Waals surface area contributed by atoms with Crippen molar-refractivity contribution >= 4 is 0 Å². The lowest BCUT2D eigenvalue weighted by Crippen LogP contribution is -2.42. The van der Waals surface area contributed by atoms with Crippen LogP contribution in [-0.2, 0) is 4.74 Å². The summed E-state index contributed by atoms with van der Waals surface area (Å²) in [6, 6.07) is 0. The van der Waals surface area contributed by atoms with Gasteiger partial charge in [0, 0.05) is 12.8 Å². The summed E-state index contributed by atoms with van der Waals surface area (Å²) in [6.45, 7) is 1.96. The Morgan fingerprint density at radius 3 is 3.00 bits per heavy atom. The van der Waals surface area contributed by atoms with Crippen LogP contribution in [0.4, 0.5) is 0 Å². The number of ether oxygens (including phenoxy) is 1. The van der Waals surface area contributed by atoms with E-state index in [0.717, 1.165) is 5.70 Å². The quantitative estimate of drug-likeness (QED) is 0.551. The Morgan fingerprint density at radius 1 is 1.80 bits per heavy atom. The number of aliphatic hydroxyl groups is 1. The van der Waals surface area contributed by atoms with Gasteiger partial charge in [-0.2, -0.15) is 0 Å². The van der Waals surface area contributed by atoms with Crippen molar-refractivity contribution in [1.82, 2.24) is 5.32 Å². The molecule has 2 N–H and O–H groups in total. The Labute approximate surface area is 60.7 Å². The van der Waals surface area contributed by atoms with Gasteiger partial charge in [-0.3, -0.25) is 0 Å². The van der Waals surface area contributed by atoms with E-state index in [1.54, 1.807) is 7.11 Å². The molecular formula is C7H13NO2. The first-order valence-corrected chi connectivity index (χ1v) is 3.38. The third-order valence-corrected chi connectivity index (χ3v) is 1.64. The zero-order valence-corrected chi connectivity index (χ0v) is 6.29. The highest BCUT2D eigenvalue weighted by Gasteiger charge is 2.20. The average molecular weight is 143 g/mol. The second kappa shape index (κ2) is 3.03. The zero-order chi connectivity index (χ0) is 7.56. The van der Waals surface area contributed by atoms with E-state index >= 15 is 0 Å². The van der Waals surface area contributed by atoms with E-state index in [0.29, 0.717) is 6.42 Å². The standard InChI is InChI=1S/C7H13NO2/c1-5-3-4-6(9)7(8-5)10-2/h3,6-9H,4H2,1-2H3. The topological polar surface area (TPSA) is 41.5 Å². The van der Waals surface area contributed by atoms with Gasteiger partial charge in [0.15, 0.2) is 6.23 Å². The van der Waals surface area contributed by atoms with Crippen LogP contribution in [0.25, 0.3) is 0 Å². The Hall–Kier alpha value is -0.540. The Balaban J connectivity index is 2.53. The molecule has 2 atom stereocenters. The first-order valence-electron chi connectivity index (χ1n) is 3.38. The summed E-state index contributed by atoms with van der Waals surface area (Å²) in [6.07, 6.45) is 2.00. The fraction of sp³-hybridized carbons (Fsp3) is 0.714. The summed E-state index contributed by atoms with van der Waals surface area (Å²) in [5.41, 5.74) is 1.07. The number of hydrogen-bond donors (Lipinski definition) is 2. The summed E-state index contributed by atoms with van der Waals surface area (Å²) in [7, 11) is 1.58. The predicted molar refractivity (Wildman–Crippen MR) is 38.3 cm³/mol. The van der Waals surface area contributed by atoms with Crippen molar-refractivity contribution in [1.29, 1.82) is 0 Å². The molecule has 0 saturated carbocycles. The molecule has 0 aliphatic carbocycles. The molecule has 0 aromatic carbocycles. The summed E-state index contributed by atoms with van der Waals surface area (Å²) in [4.78, 5) is 0. The van der Waals surface area contributed by atoms with Gasteiger partial charge in [0.05, 0.1) is 0 Å². The van der Waals surface area contributed by atoms with Crippen LogP contribution in [0.3, 0.4) is 0 Å². The lowest BCUT2D eigenvalue weighted by Gasteiger charge is -2.27. The monoisotopic (exact) mass is 143 g/mol. The molecule has 1 rings (SSSR count). The second-order valence-electron chi connectivity index (χ2n) is 2.49. The van der Waals surface area contributed by atoms with Gasteiger partial charge in [0.25, 0.3) is 0 Å². The first-order chi connectivity index (χ1) is 4.74. The molecule has 0 saturated heterocycles. The van der Waals surface area contributed by atoms with Crippen LogP contribution < -0.4 is 5.32 Å². The second-order valence-corrected chi connectivity index (χ2v) is 2.49. The van der Waals surface area contributed by atoms with Crippen LogP contribution in [0.2, 0.25) is 0 Å². The van der Waals surface area contributed by atoms with Crippen LogP contribution in [-0.4, -0.2) is 24.5 Å². The van der Waals surface area contributed by atoms with Crippen LogP contribution in [0.1, 0.15) is 13.3 Å². The molecule has 0 bridgehead atoms. The molecule has 3 nitrogen and oxygen atoms in total. The van der Waals surface area contributed by atoms with Crippen LogP contribution >= 0.6 is 0 Å². The maximum atomic E-state index is 9.25. The maximum Gasteiger partial charge on any atom is 0.153 e. The van der Waals surface area contributed by atoms with Crippen LogP contribution in [0.15, 0.2) is 11.8 Å². The van der Waals surface area contributed by atoms with Crippen molar-refractivity contribution in [3.8, 4) is 0 Å². The van der Waals surface area contributed by atoms with Gasteiger partial charge >= 0.3 is 0 Å². The fourth-order valence-electron chi connectivity index (χ4n) is 1.02. The van der Waals surface area contributed by atoms with E-state index in [9.17, 15) is 5.11 Å². The van der Waals surface area contributed by atoms with Gasteiger partial charge in [-0.15, -0.1) is 0 Å². The molecule has 0 fully saturated rings. The first kappa shape index (κ1) is 7.57. The summed E-state index contributed by atoms with van der Waals surface area (Å²) < 4.78 is 4.97. The lowest BCUT2D eigenvalue weighted by molar-refractivity contribution is -0.0293. The molecule has 10 heavy (non-hydrogen) atoms. The molecule has 1 heterocycles. The largest absolute Gasteiger partial charge is 0.388 e. The number of rotatable bonds is 1. The molecule has 0 spiro atoms. The maximum absolute atomic E-state index is 9.25. The van der Waals surface area contributed by atoms with Crippen molar-refractivity contribution < 1.29 is 9.84 Å². The fourth-order valence-corrected chi connectivity index (χ4v) is 1.02. The molecule has 1 aliphatic heterocycles. The molecule has 2 unspecified atom stereocenters. The highest BCUT2D eigenvalue weighted by molar-refractivity contribution is 5.03. The minimum atomic E-state index is -0.409. The van der Waals surface area contributed by atoms with Crippen molar-refractivity contribution in [2.75, 3.05) is 7.11 Å². The van der Waals surface area contributed by atoms with Crippen LogP contribution in [0, 0.1) is 0 Å². The molecule has 58 valence electrons. The van der Waals surface area contributed by atoms with Gasteiger partial charge in [-0.25, -0.2) is 0 Å². The summed E-state index contributed by atoms with van der Waals surface area (Å²) >= 11 is 0. The van der Waals surface area contributed by atoms with Crippen molar-refractivity contribution in [3.63, 3.8) is 0 Å². The predicted octanol–water partition coefficient (Wildman–Crippen LogP) is 0.217. The highest BCUT2D eigenvalue weighted by Crippen LogP contribution is 2.10. The Bertz CT molecular complexity index is 145. The third kappa shape index (κ3) is 1.49. The van der Waals surface area contributed by atoms with E-state index < -0.39 is 6.10 Å². The summed E-state index contributed by atoms with van der Waals surface area (Å²) in [5, 5.41) is 12.3. The van der Waals surface area contributed by atoms with E-state index in [1.165, 1.54) is 0 Å². The SMILES string of the molecule is COC1NC(C)=CCC1O. The minimum Gasteiger partial charge on any atom is -0.388 e. The zero-order valence-electron chi connectivity index (χ0n) is 6.29. The number of aliphatic hydroxyl groups excluding tert-OH is 1. The van der Waals surface area contributed by atoms with E-state index in [2.05, 4.69) is 5.32 Å². The van der Waals surface area contributed by atoms with Gasteiger partial charge in [-0.1, -0.05) is 6.08 Å². The van der Waals surface area contributed by atoms with Gasteiger partial charge in [0.2, 0.25) is 0 Å².